The smallest absolute Gasteiger partial charge is 0.348 e. The summed E-state index contributed by atoms with van der Waals surface area (Å²) < 4.78 is 12.3. The Kier molecular flexibility index (Phi) is 6.70. The van der Waals surface area contributed by atoms with Crippen LogP contribution < -0.4 is 10.3 Å². The predicted octanol–water partition coefficient (Wildman–Crippen LogP) is 4.46. The number of aromatic nitrogens is 2. The first kappa shape index (κ1) is 20.4. The molecule has 0 saturated heterocycles. The van der Waals surface area contributed by atoms with Crippen LogP contribution in [0.1, 0.15) is 35.0 Å². The number of rotatable bonds is 8. The number of fused-ring (bicyclic) bond motifs is 1. The summed E-state index contributed by atoms with van der Waals surface area (Å²) in [4.78, 5) is 30.2. The van der Waals surface area contributed by atoms with Gasteiger partial charge in [-0.3, -0.25) is 9.36 Å². The van der Waals surface area contributed by atoms with Gasteiger partial charge in [0, 0.05) is 11.6 Å². The highest BCUT2D eigenvalue weighted by Crippen LogP contribution is 2.27. The van der Waals surface area contributed by atoms with Crippen molar-refractivity contribution in [1.82, 2.24) is 9.55 Å². The fourth-order valence-electron chi connectivity index (χ4n) is 2.81. The third-order valence-corrected chi connectivity index (χ3v) is 5.69. The van der Waals surface area contributed by atoms with Crippen molar-refractivity contribution in [3.05, 3.63) is 56.4 Å². The Hall–Kier alpha value is -2.38. The molecule has 3 rings (SSSR count). The van der Waals surface area contributed by atoms with Crippen molar-refractivity contribution < 1.29 is 14.3 Å². The van der Waals surface area contributed by atoms with E-state index in [1.807, 2.05) is 12.1 Å². The first-order valence-corrected chi connectivity index (χ1v) is 10.2. The number of carbonyl (C=O) groups excluding carboxylic acids is 1. The monoisotopic (exact) mass is 420 g/mol. The summed E-state index contributed by atoms with van der Waals surface area (Å²) in [5.74, 6) is 0.360. The lowest BCUT2D eigenvalue weighted by molar-refractivity contribution is 0.0531. The molecule has 148 valence electrons. The van der Waals surface area contributed by atoms with Crippen molar-refractivity contribution in [2.24, 2.45) is 0 Å². The molecule has 0 spiro atoms. The minimum atomic E-state index is -0.409. The van der Waals surface area contributed by atoms with Gasteiger partial charge in [-0.25, -0.2) is 9.78 Å². The predicted molar refractivity (Wildman–Crippen MR) is 111 cm³/mol. The normalized spacial score (nSPS) is 11.0. The zero-order chi connectivity index (χ0) is 20.1. The number of esters is 1. The van der Waals surface area contributed by atoms with Crippen molar-refractivity contribution in [1.29, 1.82) is 0 Å². The van der Waals surface area contributed by atoms with E-state index in [1.165, 1.54) is 17.7 Å². The second-order valence-electron chi connectivity index (χ2n) is 6.21. The lowest BCUT2D eigenvalue weighted by Gasteiger charge is -2.07. The average molecular weight is 421 g/mol. The number of aryl methyl sites for hydroxylation is 2. The van der Waals surface area contributed by atoms with Gasteiger partial charge in [-0.05, 0) is 56.5 Å². The molecule has 0 fully saturated rings. The summed E-state index contributed by atoms with van der Waals surface area (Å²) in [5, 5.41) is 1.16. The minimum absolute atomic E-state index is 0.132. The van der Waals surface area contributed by atoms with Gasteiger partial charge in [0.15, 0.2) is 0 Å². The van der Waals surface area contributed by atoms with Gasteiger partial charge in [-0.1, -0.05) is 11.6 Å². The van der Waals surface area contributed by atoms with E-state index in [0.29, 0.717) is 45.4 Å². The number of ether oxygens (including phenoxy) is 2. The van der Waals surface area contributed by atoms with E-state index in [9.17, 15) is 9.59 Å². The topological polar surface area (TPSA) is 70.4 Å². The highest BCUT2D eigenvalue weighted by atomic mass is 35.5. The molecule has 28 heavy (non-hydrogen) atoms. The molecule has 0 aliphatic rings. The van der Waals surface area contributed by atoms with Crippen molar-refractivity contribution in [2.75, 3.05) is 13.2 Å². The Bertz CT molecular complexity index is 1030. The molecule has 8 heteroatoms. The fourth-order valence-corrected chi connectivity index (χ4v) is 3.97. The lowest BCUT2D eigenvalue weighted by atomic mass is 10.2. The molecule has 0 radical (unpaired) electrons. The van der Waals surface area contributed by atoms with Gasteiger partial charge in [-0.15, -0.1) is 11.3 Å². The maximum Gasteiger partial charge on any atom is 0.348 e. The van der Waals surface area contributed by atoms with Gasteiger partial charge < -0.3 is 9.47 Å². The van der Waals surface area contributed by atoms with E-state index >= 15 is 0 Å². The lowest BCUT2D eigenvalue weighted by Crippen LogP contribution is -2.21. The van der Waals surface area contributed by atoms with Crippen molar-refractivity contribution in [2.45, 2.75) is 33.2 Å². The number of hydrogen-bond donors (Lipinski definition) is 0. The fraction of sp³-hybridized carbons (Fsp3) is 0.350. The zero-order valence-electron chi connectivity index (χ0n) is 15.7. The Morgan fingerprint density at radius 2 is 2.00 bits per heavy atom. The molecule has 0 saturated carbocycles. The molecular formula is C20H21ClN2O4S. The number of halogens is 1. The second-order valence-corrected chi connectivity index (χ2v) is 7.64. The van der Waals surface area contributed by atoms with Crippen LogP contribution in [-0.4, -0.2) is 28.7 Å². The standard InChI is InChI=1S/C20H21ClN2O4S/c1-3-26-20(25)17-13(2)16-18(28-17)22-12-23(19(16)24)10-4-5-11-27-15-8-6-14(21)7-9-15/h6-9,12H,3-5,10-11H2,1-2H3. The summed E-state index contributed by atoms with van der Waals surface area (Å²) in [6.07, 6.45) is 3.11. The molecule has 6 nitrogen and oxygen atoms in total. The van der Waals surface area contributed by atoms with Crippen LogP contribution in [0.4, 0.5) is 0 Å². The average Bonchev–Trinajstić information content (AvgIpc) is 3.02. The van der Waals surface area contributed by atoms with E-state index in [1.54, 1.807) is 30.5 Å². The molecule has 0 aliphatic carbocycles. The molecule has 0 atom stereocenters. The number of carbonyl (C=O) groups is 1. The van der Waals surface area contributed by atoms with E-state index in [2.05, 4.69) is 4.98 Å². The highest BCUT2D eigenvalue weighted by molar-refractivity contribution is 7.20. The number of hydrogen-bond acceptors (Lipinski definition) is 6. The third kappa shape index (κ3) is 4.54. The highest BCUT2D eigenvalue weighted by Gasteiger charge is 2.20. The molecule has 2 aromatic heterocycles. The van der Waals surface area contributed by atoms with E-state index in [0.717, 1.165) is 18.6 Å². The van der Waals surface area contributed by atoms with Crippen molar-refractivity contribution >= 4 is 39.1 Å². The van der Waals surface area contributed by atoms with Gasteiger partial charge in [0.25, 0.3) is 5.56 Å². The van der Waals surface area contributed by atoms with Gasteiger partial charge in [-0.2, -0.15) is 0 Å². The molecule has 0 bridgehead atoms. The van der Waals surface area contributed by atoms with Crippen LogP contribution in [0.3, 0.4) is 0 Å². The van der Waals surface area contributed by atoms with Crippen LogP contribution in [0.5, 0.6) is 5.75 Å². The largest absolute Gasteiger partial charge is 0.494 e. The van der Waals surface area contributed by atoms with Gasteiger partial charge in [0.1, 0.15) is 15.5 Å². The first-order chi connectivity index (χ1) is 13.5. The van der Waals surface area contributed by atoms with Gasteiger partial charge in [0.05, 0.1) is 24.9 Å². The molecule has 3 aromatic rings. The Labute approximate surface area is 171 Å². The van der Waals surface area contributed by atoms with E-state index in [-0.39, 0.29) is 5.56 Å². The zero-order valence-corrected chi connectivity index (χ0v) is 17.3. The summed E-state index contributed by atoms with van der Waals surface area (Å²) in [6, 6.07) is 7.21. The Morgan fingerprint density at radius 1 is 1.25 bits per heavy atom. The minimum Gasteiger partial charge on any atom is -0.494 e. The van der Waals surface area contributed by atoms with Crippen LogP contribution in [0.15, 0.2) is 35.4 Å². The Balaban J connectivity index is 1.62. The van der Waals surface area contributed by atoms with Gasteiger partial charge in [0.2, 0.25) is 0 Å². The molecule has 2 heterocycles. The molecule has 0 aliphatic heterocycles. The van der Waals surface area contributed by atoms with E-state index in [4.69, 9.17) is 21.1 Å². The Morgan fingerprint density at radius 3 is 2.71 bits per heavy atom. The second kappa shape index (κ2) is 9.21. The number of unbranched alkanes of at least 4 members (excludes halogenated alkanes) is 1. The first-order valence-electron chi connectivity index (χ1n) is 9.05. The van der Waals surface area contributed by atoms with E-state index < -0.39 is 5.97 Å². The number of nitrogens with zero attached hydrogens (tertiary/aromatic N) is 2. The van der Waals surface area contributed by atoms with Gasteiger partial charge >= 0.3 is 5.97 Å². The third-order valence-electron chi connectivity index (χ3n) is 4.25. The maximum absolute atomic E-state index is 12.8. The quantitative estimate of drug-likeness (QED) is 0.397. The molecule has 0 N–H and O–H groups in total. The molecule has 1 aromatic carbocycles. The molecular weight excluding hydrogens is 400 g/mol. The molecule has 0 unspecified atom stereocenters. The van der Waals surface area contributed by atoms with Crippen molar-refractivity contribution in [3.63, 3.8) is 0 Å². The van der Waals surface area contributed by atoms with Crippen LogP contribution in [0, 0.1) is 6.92 Å². The van der Waals surface area contributed by atoms with Crippen LogP contribution in [0.2, 0.25) is 5.02 Å². The van der Waals surface area contributed by atoms with Crippen LogP contribution >= 0.6 is 22.9 Å². The number of thiophene rings is 1. The van der Waals surface area contributed by atoms with Crippen LogP contribution in [0.25, 0.3) is 10.2 Å². The number of benzene rings is 1. The SMILES string of the molecule is CCOC(=O)c1sc2ncn(CCCCOc3ccc(Cl)cc3)c(=O)c2c1C. The van der Waals surface area contributed by atoms with Crippen LogP contribution in [-0.2, 0) is 11.3 Å². The summed E-state index contributed by atoms with van der Waals surface area (Å²) in [6.45, 7) is 4.90. The van der Waals surface area contributed by atoms with Crippen molar-refractivity contribution in [3.8, 4) is 5.75 Å². The molecule has 0 amide bonds. The summed E-state index contributed by atoms with van der Waals surface area (Å²) in [7, 11) is 0. The maximum atomic E-state index is 12.8. The summed E-state index contributed by atoms with van der Waals surface area (Å²) in [5.41, 5.74) is 0.504. The summed E-state index contributed by atoms with van der Waals surface area (Å²) >= 11 is 7.04.